The molecule has 33 heavy (non-hydrogen) atoms. The summed E-state index contributed by atoms with van der Waals surface area (Å²) in [6.45, 7) is 14.3. The van der Waals surface area contributed by atoms with E-state index in [9.17, 15) is 0 Å². The van der Waals surface area contributed by atoms with Gasteiger partial charge in [0.15, 0.2) is 0 Å². The van der Waals surface area contributed by atoms with Crippen molar-refractivity contribution in [3.63, 3.8) is 0 Å². The zero-order chi connectivity index (χ0) is 23.7. The fourth-order valence-electron chi connectivity index (χ4n) is 5.53. The average Bonchev–Trinajstić information content (AvgIpc) is 3.07. The number of allylic oxidation sites excluding steroid dienone is 1. The molecule has 1 aliphatic carbocycles. The molecule has 0 aromatic heterocycles. The number of hydrogen-bond acceptors (Lipinski definition) is 1. The Kier molecular flexibility index (Phi) is 9.65. The monoisotopic (exact) mass is 446 g/mol. The van der Waals surface area contributed by atoms with Crippen LogP contribution in [0.15, 0.2) is 60.7 Å². The number of rotatable bonds is 11. The molecule has 1 nitrogen and oxygen atoms in total. The Hall–Kier alpha value is -2.02. The van der Waals surface area contributed by atoms with E-state index in [0.29, 0.717) is 18.4 Å². The van der Waals surface area contributed by atoms with Crippen LogP contribution in [0.5, 0.6) is 5.75 Å². The first-order valence-corrected chi connectivity index (χ1v) is 13.4. The molecule has 2 atom stereocenters. The van der Waals surface area contributed by atoms with Gasteiger partial charge >= 0.3 is 0 Å². The van der Waals surface area contributed by atoms with Crippen LogP contribution >= 0.6 is 0 Å². The molecule has 0 spiro atoms. The van der Waals surface area contributed by atoms with Gasteiger partial charge in [0.1, 0.15) is 12.4 Å². The Labute approximate surface area is 203 Å². The molecule has 1 fully saturated rings. The Balaban J connectivity index is 1.91. The van der Waals surface area contributed by atoms with E-state index in [4.69, 9.17) is 4.74 Å². The molecule has 0 aliphatic heterocycles. The van der Waals surface area contributed by atoms with Crippen LogP contribution in [-0.4, -0.2) is 0 Å². The van der Waals surface area contributed by atoms with Crippen LogP contribution in [0.25, 0.3) is 0 Å². The van der Waals surface area contributed by atoms with Gasteiger partial charge in [-0.3, -0.25) is 0 Å². The van der Waals surface area contributed by atoms with Crippen molar-refractivity contribution in [1.29, 1.82) is 0 Å². The lowest BCUT2D eigenvalue weighted by Crippen LogP contribution is -2.19. The average molecular weight is 447 g/mol. The SMILES string of the molecule is C=C(C)[C@@H]1CCCCC[C@@H]1c1ccc(C(C)(C)CCCCCC)cc1OCc1ccccc1. The van der Waals surface area contributed by atoms with Gasteiger partial charge in [0.2, 0.25) is 0 Å². The lowest BCUT2D eigenvalue weighted by Gasteiger charge is -2.30. The number of benzene rings is 2. The quantitative estimate of drug-likeness (QED) is 0.189. The summed E-state index contributed by atoms with van der Waals surface area (Å²) in [5.74, 6) is 2.16. The van der Waals surface area contributed by atoms with Gasteiger partial charge in [-0.05, 0) is 66.2 Å². The molecule has 180 valence electrons. The first-order valence-electron chi connectivity index (χ1n) is 13.4. The molecule has 1 heteroatoms. The molecule has 0 heterocycles. The third-order valence-corrected chi connectivity index (χ3v) is 7.74. The molecular formula is C32H46O. The number of hydrogen-bond donors (Lipinski definition) is 0. The van der Waals surface area contributed by atoms with E-state index in [-0.39, 0.29) is 5.41 Å². The molecule has 2 aromatic rings. The van der Waals surface area contributed by atoms with Crippen molar-refractivity contribution in [2.45, 2.75) is 110 Å². The molecule has 0 unspecified atom stereocenters. The third kappa shape index (κ3) is 7.23. The zero-order valence-electron chi connectivity index (χ0n) is 21.7. The molecule has 0 bridgehead atoms. The molecule has 0 saturated heterocycles. The maximum Gasteiger partial charge on any atom is 0.123 e. The van der Waals surface area contributed by atoms with E-state index in [1.54, 1.807) is 0 Å². The van der Waals surface area contributed by atoms with Gasteiger partial charge in [-0.25, -0.2) is 0 Å². The molecular weight excluding hydrogens is 400 g/mol. The van der Waals surface area contributed by atoms with E-state index in [0.717, 1.165) is 5.75 Å². The van der Waals surface area contributed by atoms with E-state index >= 15 is 0 Å². The molecule has 1 saturated carbocycles. The molecule has 3 rings (SSSR count). The second-order valence-corrected chi connectivity index (χ2v) is 10.9. The van der Waals surface area contributed by atoms with Crippen molar-refractivity contribution in [3.05, 3.63) is 77.4 Å². The van der Waals surface area contributed by atoms with Gasteiger partial charge < -0.3 is 4.74 Å². The van der Waals surface area contributed by atoms with Crippen molar-refractivity contribution in [1.82, 2.24) is 0 Å². The molecule has 1 aliphatic rings. The Bertz CT molecular complexity index is 863. The van der Waals surface area contributed by atoms with Gasteiger partial charge in [0, 0.05) is 0 Å². The highest BCUT2D eigenvalue weighted by Gasteiger charge is 2.29. The smallest absolute Gasteiger partial charge is 0.123 e. The molecule has 0 N–H and O–H groups in total. The van der Waals surface area contributed by atoms with Crippen molar-refractivity contribution < 1.29 is 4.74 Å². The second kappa shape index (κ2) is 12.4. The molecule has 0 amide bonds. The summed E-state index contributed by atoms with van der Waals surface area (Å²) in [6, 6.07) is 17.7. The normalized spacial score (nSPS) is 19.2. The minimum absolute atomic E-state index is 0.161. The van der Waals surface area contributed by atoms with Gasteiger partial charge in [0.25, 0.3) is 0 Å². The summed E-state index contributed by atoms with van der Waals surface area (Å²) in [7, 11) is 0. The Morgan fingerprint density at radius 2 is 1.73 bits per heavy atom. The van der Waals surface area contributed by atoms with Crippen molar-refractivity contribution in [2.75, 3.05) is 0 Å². The van der Waals surface area contributed by atoms with Crippen LogP contribution in [0.1, 0.15) is 115 Å². The fraction of sp³-hybridized carbons (Fsp3) is 0.562. The highest BCUT2D eigenvalue weighted by Crippen LogP contribution is 2.45. The topological polar surface area (TPSA) is 9.23 Å². The van der Waals surface area contributed by atoms with Crippen molar-refractivity contribution in [3.8, 4) is 5.75 Å². The first-order chi connectivity index (χ1) is 15.9. The van der Waals surface area contributed by atoms with Crippen LogP contribution in [-0.2, 0) is 12.0 Å². The number of ether oxygens (including phenoxy) is 1. The predicted octanol–water partition coefficient (Wildman–Crippen LogP) is 9.75. The largest absolute Gasteiger partial charge is 0.489 e. The van der Waals surface area contributed by atoms with Gasteiger partial charge in [-0.2, -0.15) is 0 Å². The maximum absolute atomic E-state index is 6.59. The van der Waals surface area contributed by atoms with E-state index in [1.807, 2.05) is 0 Å². The van der Waals surface area contributed by atoms with Gasteiger partial charge in [-0.1, -0.05) is 120 Å². The summed E-state index contributed by atoms with van der Waals surface area (Å²) in [4.78, 5) is 0. The Morgan fingerprint density at radius 1 is 0.970 bits per heavy atom. The van der Waals surface area contributed by atoms with Gasteiger partial charge in [0.05, 0.1) is 0 Å². The summed E-state index contributed by atoms with van der Waals surface area (Å²) in [5.41, 5.74) is 5.52. The minimum Gasteiger partial charge on any atom is -0.489 e. The maximum atomic E-state index is 6.59. The first kappa shape index (κ1) is 25.6. The lowest BCUT2D eigenvalue weighted by atomic mass is 9.76. The summed E-state index contributed by atoms with van der Waals surface area (Å²) in [6.07, 6.45) is 12.9. The van der Waals surface area contributed by atoms with Crippen LogP contribution in [0.4, 0.5) is 0 Å². The Morgan fingerprint density at radius 3 is 2.45 bits per heavy atom. The van der Waals surface area contributed by atoms with Crippen LogP contribution in [0.2, 0.25) is 0 Å². The second-order valence-electron chi connectivity index (χ2n) is 10.9. The van der Waals surface area contributed by atoms with E-state index in [1.165, 1.54) is 86.5 Å². The van der Waals surface area contributed by atoms with Crippen LogP contribution < -0.4 is 4.74 Å². The summed E-state index contributed by atoms with van der Waals surface area (Å²) < 4.78 is 6.59. The highest BCUT2D eigenvalue weighted by molar-refractivity contribution is 5.43. The predicted molar refractivity (Wildman–Crippen MR) is 143 cm³/mol. The highest BCUT2D eigenvalue weighted by atomic mass is 16.5. The standard InChI is InChI=1S/C32H46O/c1-6-7-8-15-22-32(4,5)27-20-21-30(29-19-14-10-13-18-28(29)25(2)3)31(23-27)33-24-26-16-11-9-12-17-26/h9,11-12,16-17,20-21,23,28-29H,2,6-8,10,13-15,18-19,22,24H2,1,3-5H3/t28-,29-/m0/s1. The van der Waals surface area contributed by atoms with E-state index in [2.05, 4.69) is 82.8 Å². The third-order valence-electron chi connectivity index (χ3n) is 7.74. The van der Waals surface area contributed by atoms with Gasteiger partial charge in [-0.15, -0.1) is 0 Å². The molecule has 2 aromatic carbocycles. The van der Waals surface area contributed by atoms with Crippen LogP contribution in [0, 0.1) is 5.92 Å². The van der Waals surface area contributed by atoms with E-state index < -0.39 is 0 Å². The van der Waals surface area contributed by atoms with Crippen molar-refractivity contribution >= 4 is 0 Å². The van der Waals surface area contributed by atoms with Crippen molar-refractivity contribution in [2.24, 2.45) is 5.92 Å². The molecule has 0 radical (unpaired) electrons. The summed E-state index contributed by atoms with van der Waals surface area (Å²) in [5, 5.41) is 0. The van der Waals surface area contributed by atoms with Crippen LogP contribution in [0.3, 0.4) is 0 Å². The zero-order valence-corrected chi connectivity index (χ0v) is 21.7. The minimum atomic E-state index is 0.161. The number of unbranched alkanes of at least 4 members (excludes halogenated alkanes) is 3. The fourth-order valence-corrected chi connectivity index (χ4v) is 5.53. The summed E-state index contributed by atoms with van der Waals surface area (Å²) >= 11 is 0. The lowest BCUT2D eigenvalue weighted by molar-refractivity contribution is 0.295.